The van der Waals surface area contributed by atoms with E-state index in [4.69, 9.17) is 10.00 Å². The Morgan fingerprint density at radius 3 is 2.77 bits per heavy atom. The summed E-state index contributed by atoms with van der Waals surface area (Å²) in [5, 5.41) is 14.3. The van der Waals surface area contributed by atoms with Crippen LogP contribution in [-0.4, -0.2) is 38.5 Å². The quantitative estimate of drug-likeness (QED) is 0.524. The third-order valence-corrected chi connectivity index (χ3v) is 5.62. The molecule has 0 saturated carbocycles. The van der Waals surface area contributed by atoms with Crippen LogP contribution in [0.3, 0.4) is 0 Å². The largest absolute Gasteiger partial charge is 0.454 e. The number of carbonyl (C=O) groups excluding carboxylic acids is 1. The van der Waals surface area contributed by atoms with Gasteiger partial charge in [0.25, 0.3) is 5.91 Å². The standard InChI is InChI=1S/C23H19N5O2/c1-14-4-3-5-17-19(6-8-25-21(14)17)30-20-7-9-26-28-13-18(15(2)22(20)28)23(29)27-11-16(10-24)12-27/h3-9,13,16H,11-12H2,1-2H3. The third-order valence-electron chi connectivity index (χ3n) is 5.62. The molecular weight excluding hydrogens is 378 g/mol. The van der Waals surface area contributed by atoms with E-state index in [0.29, 0.717) is 30.2 Å². The first-order valence-corrected chi connectivity index (χ1v) is 9.75. The molecule has 3 aromatic heterocycles. The monoisotopic (exact) mass is 397 g/mol. The minimum Gasteiger partial charge on any atom is -0.454 e. The van der Waals surface area contributed by atoms with Gasteiger partial charge in [0, 0.05) is 36.9 Å². The highest BCUT2D eigenvalue weighted by Crippen LogP contribution is 2.34. The maximum atomic E-state index is 12.9. The summed E-state index contributed by atoms with van der Waals surface area (Å²) in [5.41, 5.74) is 4.10. The number of para-hydroxylation sites is 1. The zero-order valence-corrected chi connectivity index (χ0v) is 16.7. The van der Waals surface area contributed by atoms with Crippen molar-refractivity contribution >= 4 is 22.3 Å². The van der Waals surface area contributed by atoms with Crippen molar-refractivity contribution in [3.05, 3.63) is 65.6 Å². The molecule has 0 spiro atoms. The molecule has 1 saturated heterocycles. The van der Waals surface area contributed by atoms with Crippen LogP contribution in [0.2, 0.25) is 0 Å². The Labute approximate surface area is 173 Å². The van der Waals surface area contributed by atoms with Crippen molar-refractivity contribution in [3.63, 3.8) is 0 Å². The van der Waals surface area contributed by atoms with Gasteiger partial charge in [-0.3, -0.25) is 9.78 Å². The molecule has 4 aromatic rings. The lowest BCUT2D eigenvalue weighted by molar-refractivity contribution is 0.0576. The fraction of sp³-hybridized carbons (Fsp3) is 0.217. The Kier molecular flexibility index (Phi) is 4.14. The van der Waals surface area contributed by atoms with Crippen LogP contribution in [0.5, 0.6) is 11.5 Å². The molecule has 0 bridgehead atoms. The summed E-state index contributed by atoms with van der Waals surface area (Å²) >= 11 is 0. The van der Waals surface area contributed by atoms with Crippen molar-refractivity contribution in [2.75, 3.05) is 13.1 Å². The van der Waals surface area contributed by atoms with Gasteiger partial charge in [-0.1, -0.05) is 12.1 Å². The summed E-state index contributed by atoms with van der Waals surface area (Å²) in [6.07, 6.45) is 5.12. The summed E-state index contributed by atoms with van der Waals surface area (Å²) in [6.45, 7) is 4.86. The minimum absolute atomic E-state index is 0.0771. The van der Waals surface area contributed by atoms with Crippen LogP contribution in [0, 0.1) is 31.1 Å². The molecule has 0 atom stereocenters. The van der Waals surface area contributed by atoms with Gasteiger partial charge in [0.15, 0.2) is 5.75 Å². The molecule has 1 aromatic carbocycles. The average Bonchev–Trinajstić information content (AvgIpc) is 3.05. The lowest BCUT2D eigenvalue weighted by atomic mass is 10.0. The zero-order chi connectivity index (χ0) is 20.8. The Bertz CT molecular complexity index is 1350. The fourth-order valence-corrected chi connectivity index (χ4v) is 3.92. The lowest BCUT2D eigenvalue weighted by Gasteiger charge is -2.35. The van der Waals surface area contributed by atoms with E-state index in [1.54, 1.807) is 34.1 Å². The smallest absolute Gasteiger partial charge is 0.255 e. The number of fused-ring (bicyclic) bond motifs is 2. The Morgan fingerprint density at radius 1 is 1.17 bits per heavy atom. The molecule has 148 valence electrons. The van der Waals surface area contributed by atoms with Gasteiger partial charge in [0.2, 0.25) is 0 Å². The number of aryl methyl sites for hydroxylation is 2. The van der Waals surface area contributed by atoms with Gasteiger partial charge in [-0.2, -0.15) is 10.4 Å². The highest BCUT2D eigenvalue weighted by atomic mass is 16.5. The second-order valence-corrected chi connectivity index (χ2v) is 7.57. The number of benzene rings is 1. The summed E-state index contributed by atoms with van der Waals surface area (Å²) in [7, 11) is 0. The van der Waals surface area contributed by atoms with E-state index in [1.807, 2.05) is 38.1 Å². The van der Waals surface area contributed by atoms with E-state index in [-0.39, 0.29) is 11.8 Å². The van der Waals surface area contributed by atoms with Gasteiger partial charge >= 0.3 is 0 Å². The molecule has 0 aliphatic carbocycles. The van der Waals surface area contributed by atoms with Crippen LogP contribution in [0.4, 0.5) is 0 Å². The number of nitrogens with zero attached hydrogens (tertiary/aromatic N) is 5. The highest BCUT2D eigenvalue weighted by Gasteiger charge is 2.33. The molecule has 5 rings (SSSR count). The van der Waals surface area contributed by atoms with Crippen molar-refractivity contribution in [1.82, 2.24) is 19.5 Å². The molecule has 7 nitrogen and oxygen atoms in total. The Hall–Kier alpha value is -3.92. The molecule has 1 aliphatic rings. The van der Waals surface area contributed by atoms with E-state index in [9.17, 15) is 4.79 Å². The number of amides is 1. The van der Waals surface area contributed by atoms with E-state index < -0.39 is 0 Å². The first kappa shape index (κ1) is 18.1. The molecule has 1 amide bonds. The molecule has 7 heteroatoms. The van der Waals surface area contributed by atoms with Gasteiger partial charge < -0.3 is 9.64 Å². The van der Waals surface area contributed by atoms with Crippen LogP contribution in [0.1, 0.15) is 21.5 Å². The molecule has 1 fully saturated rings. The maximum absolute atomic E-state index is 12.9. The van der Waals surface area contributed by atoms with E-state index in [2.05, 4.69) is 16.2 Å². The van der Waals surface area contributed by atoms with Crippen molar-refractivity contribution in [1.29, 1.82) is 5.26 Å². The lowest BCUT2D eigenvalue weighted by Crippen LogP contribution is -2.49. The van der Waals surface area contributed by atoms with Crippen molar-refractivity contribution in [2.24, 2.45) is 5.92 Å². The number of aromatic nitrogens is 3. The molecule has 0 unspecified atom stereocenters. The second-order valence-electron chi connectivity index (χ2n) is 7.57. The molecule has 0 radical (unpaired) electrons. The van der Waals surface area contributed by atoms with Crippen molar-refractivity contribution < 1.29 is 9.53 Å². The molecule has 1 aliphatic heterocycles. The summed E-state index contributed by atoms with van der Waals surface area (Å²) in [6, 6.07) is 11.8. The fourth-order valence-electron chi connectivity index (χ4n) is 3.92. The Balaban J connectivity index is 1.55. The van der Waals surface area contributed by atoms with E-state index in [1.165, 1.54) is 0 Å². The van der Waals surface area contributed by atoms with E-state index >= 15 is 0 Å². The first-order valence-electron chi connectivity index (χ1n) is 9.75. The number of likely N-dealkylation sites (tertiary alicyclic amines) is 1. The molecule has 4 heterocycles. The van der Waals surface area contributed by atoms with Gasteiger partial charge in [0.1, 0.15) is 11.3 Å². The second kappa shape index (κ2) is 6.85. The summed E-state index contributed by atoms with van der Waals surface area (Å²) in [4.78, 5) is 19.0. The molecule has 0 N–H and O–H groups in total. The number of carbonyl (C=O) groups is 1. The van der Waals surface area contributed by atoms with Crippen LogP contribution in [0.15, 0.2) is 48.9 Å². The van der Waals surface area contributed by atoms with Crippen molar-refractivity contribution in [3.8, 4) is 17.6 Å². The van der Waals surface area contributed by atoms with Crippen LogP contribution in [-0.2, 0) is 0 Å². The van der Waals surface area contributed by atoms with Crippen molar-refractivity contribution in [2.45, 2.75) is 13.8 Å². The number of hydrogen-bond acceptors (Lipinski definition) is 5. The van der Waals surface area contributed by atoms with Crippen LogP contribution >= 0.6 is 0 Å². The van der Waals surface area contributed by atoms with Crippen LogP contribution < -0.4 is 4.74 Å². The van der Waals surface area contributed by atoms with Gasteiger partial charge in [-0.15, -0.1) is 0 Å². The average molecular weight is 397 g/mol. The number of rotatable bonds is 3. The zero-order valence-electron chi connectivity index (χ0n) is 16.7. The SMILES string of the molecule is Cc1cccc2c(Oc3ccnn4cc(C(=O)N5CC(C#N)C5)c(C)c34)ccnc12. The third kappa shape index (κ3) is 2.77. The molecule has 30 heavy (non-hydrogen) atoms. The Morgan fingerprint density at radius 2 is 1.97 bits per heavy atom. The molecular formula is C23H19N5O2. The van der Waals surface area contributed by atoms with Gasteiger partial charge in [-0.05, 0) is 37.1 Å². The number of pyridine rings is 1. The highest BCUT2D eigenvalue weighted by molar-refractivity contribution is 5.99. The predicted molar refractivity (Wildman–Crippen MR) is 111 cm³/mol. The number of hydrogen-bond donors (Lipinski definition) is 0. The van der Waals surface area contributed by atoms with Crippen LogP contribution in [0.25, 0.3) is 16.4 Å². The van der Waals surface area contributed by atoms with E-state index in [0.717, 1.165) is 27.5 Å². The normalized spacial score (nSPS) is 14.0. The number of ether oxygens (including phenoxy) is 1. The van der Waals surface area contributed by atoms with Gasteiger partial charge in [0.05, 0.1) is 29.3 Å². The number of nitriles is 1. The summed E-state index contributed by atoms with van der Waals surface area (Å²) < 4.78 is 7.97. The first-order chi connectivity index (χ1) is 14.6. The topological polar surface area (TPSA) is 83.5 Å². The predicted octanol–water partition coefficient (Wildman–Crippen LogP) is 3.89. The maximum Gasteiger partial charge on any atom is 0.255 e. The summed E-state index contributed by atoms with van der Waals surface area (Å²) in [5.74, 6) is 1.16. The van der Waals surface area contributed by atoms with Gasteiger partial charge in [-0.25, -0.2) is 4.52 Å². The minimum atomic E-state index is -0.0829.